The highest BCUT2D eigenvalue weighted by atomic mass is 16.5. The van der Waals surface area contributed by atoms with Gasteiger partial charge in [0.15, 0.2) is 0 Å². The number of carbonyl (C=O) groups is 1. The Morgan fingerprint density at radius 1 is 0.857 bits per heavy atom. The molecule has 118 valence electrons. The van der Waals surface area contributed by atoms with Crippen LogP contribution in [0.5, 0.6) is 5.75 Å². The van der Waals surface area contributed by atoms with Gasteiger partial charge >= 0.3 is 5.97 Å². The molecule has 0 spiro atoms. The summed E-state index contributed by atoms with van der Waals surface area (Å²) in [7, 11) is 0. The second kappa shape index (κ2) is 11.4. The Bertz CT molecular complexity index is 381. The number of unbranched alkanes of at least 4 members (excludes halogenated alkanes) is 6. The molecule has 0 fully saturated rings. The summed E-state index contributed by atoms with van der Waals surface area (Å²) in [4.78, 5) is 11.5. The number of hydrogen-bond donors (Lipinski definition) is 0. The van der Waals surface area contributed by atoms with E-state index in [9.17, 15) is 4.79 Å². The zero-order chi connectivity index (χ0) is 15.3. The van der Waals surface area contributed by atoms with Crippen LogP contribution in [0.3, 0.4) is 0 Å². The Hall–Kier alpha value is -1.31. The summed E-state index contributed by atoms with van der Waals surface area (Å²) in [6, 6.07) is 7.98. The van der Waals surface area contributed by atoms with Gasteiger partial charge in [0.1, 0.15) is 5.75 Å². The zero-order valence-corrected chi connectivity index (χ0v) is 13.7. The Labute approximate surface area is 129 Å². The van der Waals surface area contributed by atoms with Crippen LogP contribution in [0.25, 0.3) is 0 Å². The summed E-state index contributed by atoms with van der Waals surface area (Å²) < 4.78 is 5.30. The van der Waals surface area contributed by atoms with Crippen LogP contribution in [-0.4, -0.2) is 5.97 Å². The fourth-order valence-electron chi connectivity index (χ4n) is 2.34. The second-order valence-electron chi connectivity index (χ2n) is 5.74. The summed E-state index contributed by atoms with van der Waals surface area (Å²) >= 11 is 0. The van der Waals surface area contributed by atoms with E-state index in [0.717, 1.165) is 19.3 Å². The predicted molar refractivity (Wildman–Crippen MR) is 88.7 cm³/mol. The van der Waals surface area contributed by atoms with Crippen molar-refractivity contribution in [2.75, 3.05) is 0 Å². The van der Waals surface area contributed by atoms with Crippen LogP contribution < -0.4 is 4.74 Å². The van der Waals surface area contributed by atoms with Crippen molar-refractivity contribution in [1.29, 1.82) is 0 Å². The molecule has 1 aromatic rings. The largest absolute Gasteiger partial charge is 0.427 e. The van der Waals surface area contributed by atoms with Crippen molar-refractivity contribution < 1.29 is 9.53 Å². The predicted octanol–water partition coefficient (Wildman–Crippen LogP) is 5.69. The molecule has 1 aromatic carbocycles. The molecule has 21 heavy (non-hydrogen) atoms. The minimum absolute atomic E-state index is 0.125. The summed E-state index contributed by atoms with van der Waals surface area (Å²) in [6.45, 7) is 4.32. The lowest BCUT2D eigenvalue weighted by molar-refractivity contribution is -0.134. The van der Waals surface area contributed by atoms with Crippen LogP contribution in [0.4, 0.5) is 0 Å². The highest BCUT2D eigenvalue weighted by Gasteiger charge is 2.04. The molecule has 0 aliphatic heterocycles. The van der Waals surface area contributed by atoms with E-state index >= 15 is 0 Å². The molecule has 0 saturated carbocycles. The number of carbonyl (C=O) groups excluding carboxylic acids is 1. The lowest BCUT2D eigenvalue weighted by atomic mass is 10.0. The van der Waals surface area contributed by atoms with E-state index < -0.39 is 0 Å². The first-order valence-electron chi connectivity index (χ1n) is 8.56. The highest BCUT2D eigenvalue weighted by molar-refractivity contribution is 5.72. The lowest BCUT2D eigenvalue weighted by Gasteiger charge is -2.06. The molecule has 0 saturated heterocycles. The van der Waals surface area contributed by atoms with Gasteiger partial charge in [-0.25, -0.2) is 0 Å². The fraction of sp³-hybridized carbons (Fsp3) is 0.632. The van der Waals surface area contributed by atoms with Crippen molar-refractivity contribution in [3.05, 3.63) is 29.8 Å². The first-order chi connectivity index (χ1) is 10.3. The first kappa shape index (κ1) is 17.7. The van der Waals surface area contributed by atoms with Gasteiger partial charge in [0.2, 0.25) is 0 Å². The standard InChI is InChI=1S/C19H30O2/c1-3-5-7-8-9-10-11-17-13-15-18(16-14-17)21-19(20)12-6-4-2/h13-16H,3-12H2,1-2H3. The molecule has 0 heterocycles. The Kier molecular flexibility index (Phi) is 9.60. The molecule has 0 atom stereocenters. The first-order valence-corrected chi connectivity index (χ1v) is 8.56. The minimum Gasteiger partial charge on any atom is -0.427 e. The SMILES string of the molecule is CCCCCCCCc1ccc(OC(=O)CCCC)cc1. The topological polar surface area (TPSA) is 26.3 Å². The number of esters is 1. The van der Waals surface area contributed by atoms with Crippen LogP contribution in [0.15, 0.2) is 24.3 Å². The third-order valence-corrected chi connectivity index (χ3v) is 3.71. The Morgan fingerprint density at radius 3 is 2.14 bits per heavy atom. The average Bonchev–Trinajstić information content (AvgIpc) is 2.50. The molecule has 0 radical (unpaired) electrons. The third kappa shape index (κ3) is 8.54. The molecule has 0 N–H and O–H groups in total. The van der Waals surface area contributed by atoms with Crippen LogP contribution in [0, 0.1) is 0 Å². The Balaban J connectivity index is 2.22. The van der Waals surface area contributed by atoms with Crippen molar-refractivity contribution in [2.45, 2.75) is 78.1 Å². The number of benzene rings is 1. The maximum absolute atomic E-state index is 11.5. The lowest BCUT2D eigenvalue weighted by Crippen LogP contribution is -2.07. The van der Waals surface area contributed by atoms with Crippen LogP contribution in [0.2, 0.25) is 0 Å². The van der Waals surface area contributed by atoms with Gasteiger partial charge in [0, 0.05) is 6.42 Å². The van der Waals surface area contributed by atoms with E-state index in [2.05, 4.69) is 26.0 Å². The van der Waals surface area contributed by atoms with E-state index in [1.807, 2.05) is 12.1 Å². The molecular weight excluding hydrogens is 260 g/mol. The fourth-order valence-corrected chi connectivity index (χ4v) is 2.34. The van der Waals surface area contributed by atoms with Crippen molar-refractivity contribution in [3.8, 4) is 5.75 Å². The minimum atomic E-state index is -0.125. The molecule has 0 aliphatic carbocycles. The summed E-state index contributed by atoms with van der Waals surface area (Å²) in [6.07, 6.45) is 11.5. The smallest absolute Gasteiger partial charge is 0.311 e. The summed E-state index contributed by atoms with van der Waals surface area (Å²) in [5.74, 6) is 0.545. The molecular formula is C19H30O2. The van der Waals surface area contributed by atoms with Gasteiger partial charge in [0.25, 0.3) is 0 Å². The van der Waals surface area contributed by atoms with E-state index in [0.29, 0.717) is 12.2 Å². The van der Waals surface area contributed by atoms with Gasteiger partial charge in [-0.1, -0.05) is 64.5 Å². The van der Waals surface area contributed by atoms with Gasteiger partial charge in [-0.3, -0.25) is 4.79 Å². The normalized spacial score (nSPS) is 10.6. The number of rotatable bonds is 11. The van der Waals surface area contributed by atoms with Crippen molar-refractivity contribution in [2.24, 2.45) is 0 Å². The maximum atomic E-state index is 11.5. The molecule has 1 rings (SSSR count). The van der Waals surface area contributed by atoms with E-state index in [-0.39, 0.29) is 5.97 Å². The number of ether oxygens (including phenoxy) is 1. The van der Waals surface area contributed by atoms with Crippen molar-refractivity contribution >= 4 is 5.97 Å². The van der Waals surface area contributed by atoms with Crippen molar-refractivity contribution in [3.63, 3.8) is 0 Å². The van der Waals surface area contributed by atoms with Gasteiger partial charge in [-0.05, 0) is 37.0 Å². The summed E-state index contributed by atoms with van der Waals surface area (Å²) in [5, 5.41) is 0. The molecule has 2 nitrogen and oxygen atoms in total. The molecule has 0 bridgehead atoms. The molecule has 0 amide bonds. The molecule has 0 unspecified atom stereocenters. The van der Waals surface area contributed by atoms with Crippen molar-refractivity contribution in [1.82, 2.24) is 0 Å². The molecule has 0 aromatic heterocycles. The Morgan fingerprint density at radius 2 is 1.48 bits per heavy atom. The van der Waals surface area contributed by atoms with Gasteiger partial charge in [-0.15, -0.1) is 0 Å². The zero-order valence-electron chi connectivity index (χ0n) is 13.7. The quantitative estimate of drug-likeness (QED) is 0.297. The number of hydrogen-bond acceptors (Lipinski definition) is 2. The van der Waals surface area contributed by atoms with E-state index in [1.165, 1.54) is 44.1 Å². The molecule has 0 aliphatic rings. The average molecular weight is 290 g/mol. The van der Waals surface area contributed by atoms with Crippen LogP contribution in [-0.2, 0) is 11.2 Å². The van der Waals surface area contributed by atoms with E-state index in [4.69, 9.17) is 4.74 Å². The maximum Gasteiger partial charge on any atom is 0.311 e. The van der Waals surface area contributed by atoms with Crippen LogP contribution in [0.1, 0.15) is 77.2 Å². The summed E-state index contributed by atoms with van der Waals surface area (Å²) in [5.41, 5.74) is 1.33. The van der Waals surface area contributed by atoms with Gasteiger partial charge < -0.3 is 4.74 Å². The third-order valence-electron chi connectivity index (χ3n) is 3.71. The molecule has 2 heteroatoms. The monoisotopic (exact) mass is 290 g/mol. The van der Waals surface area contributed by atoms with Gasteiger partial charge in [0.05, 0.1) is 0 Å². The van der Waals surface area contributed by atoms with E-state index in [1.54, 1.807) is 0 Å². The van der Waals surface area contributed by atoms with Crippen LogP contribution >= 0.6 is 0 Å². The van der Waals surface area contributed by atoms with Gasteiger partial charge in [-0.2, -0.15) is 0 Å². The number of aryl methyl sites for hydroxylation is 1. The second-order valence-corrected chi connectivity index (χ2v) is 5.74. The highest BCUT2D eigenvalue weighted by Crippen LogP contribution is 2.16.